The Morgan fingerprint density at radius 1 is 1.35 bits per heavy atom. The standard InChI is InChI=1S/C16H17N5O2/c1-9(2)21(3)15-13(10-5-4-6-17-8-10)18-11-7-12(16(22)23)19-14(11)20-15/h4-9H,1-3H3,(H,19,20)(H,22,23). The van der Waals surface area contributed by atoms with E-state index in [-0.39, 0.29) is 11.7 Å². The number of aromatic nitrogens is 4. The lowest BCUT2D eigenvalue weighted by molar-refractivity contribution is 0.0691. The fourth-order valence-corrected chi connectivity index (χ4v) is 2.23. The van der Waals surface area contributed by atoms with Gasteiger partial charge in [0.15, 0.2) is 11.5 Å². The van der Waals surface area contributed by atoms with Gasteiger partial charge in [0.25, 0.3) is 0 Å². The molecule has 0 saturated carbocycles. The van der Waals surface area contributed by atoms with Crippen LogP contribution in [0.1, 0.15) is 24.3 Å². The van der Waals surface area contributed by atoms with Gasteiger partial charge in [-0.3, -0.25) is 4.98 Å². The van der Waals surface area contributed by atoms with Crippen molar-refractivity contribution >= 4 is 23.0 Å². The highest BCUT2D eigenvalue weighted by molar-refractivity contribution is 5.92. The van der Waals surface area contributed by atoms with Crippen molar-refractivity contribution in [1.29, 1.82) is 0 Å². The number of nitrogens with zero attached hydrogens (tertiary/aromatic N) is 4. The van der Waals surface area contributed by atoms with Crippen LogP contribution in [-0.4, -0.2) is 44.1 Å². The van der Waals surface area contributed by atoms with E-state index < -0.39 is 5.97 Å². The van der Waals surface area contributed by atoms with Crippen LogP contribution in [0.25, 0.3) is 22.4 Å². The number of hydrogen-bond acceptors (Lipinski definition) is 5. The summed E-state index contributed by atoms with van der Waals surface area (Å²) in [6, 6.07) is 5.45. The van der Waals surface area contributed by atoms with Gasteiger partial charge in [0, 0.05) is 31.0 Å². The number of nitrogens with one attached hydrogen (secondary N) is 1. The Hall–Kier alpha value is -2.96. The van der Waals surface area contributed by atoms with Crippen LogP contribution < -0.4 is 4.90 Å². The minimum Gasteiger partial charge on any atom is -0.477 e. The molecule has 0 aliphatic rings. The lowest BCUT2D eigenvalue weighted by Crippen LogP contribution is -2.27. The molecule has 0 aliphatic carbocycles. The Labute approximate surface area is 133 Å². The normalized spacial score (nSPS) is 11.1. The van der Waals surface area contributed by atoms with Gasteiger partial charge >= 0.3 is 5.97 Å². The second-order valence-electron chi connectivity index (χ2n) is 5.56. The molecule has 23 heavy (non-hydrogen) atoms. The third kappa shape index (κ3) is 2.73. The van der Waals surface area contributed by atoms with E-state index in [1.807, 2.05) is 24.1 Å². The fraction of sp³-hybridized carbons (Fsp3) is 0.250. The molecule has 3 rings (SSSR count). The SMILES string of the molecule is CC(C)N(C)c1nc2[nH]c(C(=O)O)cc2nc1-c1cccnc1. The smallest absolute Gasteiger partial charge is 0.352 e. The average molecular weight is 311 g/mol. The number of pyridine rings is 1. The van der Waals surface area contributed by atoms with Gasteiger partial charge < -0.3 is 15.0 Å². The van der Waals surface area contributed by atoms with E-state index in [4.69, 9.17) is 5.11 Å². The molecule has 7 heteroatoms. The quantitative estimate of drug-likeness (QED) is 0.769. The number of rotatable bonds is 4. The Kier molecular flexibility index (Phi) is 3.69. The Morgan fingerprint density at radius 2 is 2.13 bits per heavy atom. The lowest BCUT2D eigenvalue weighted by atomic mass is 10.2. The van der Waals surface area contributed by atoms with E-state index in [9.17, 15) is 4.79 Å². The van der Waals surface area contributed by atoms with E-state index in [1.54, 1.807) is 12.4 Å². The van der Waals surface area contributed by atoms with Crippen molar-refractivity contribution in [1.82, 2.24) is 19.9 Å². The summed E-state index contributed by atoms with van der Waals surface area (Å²) in [5.74, 6) is -0.356. The second kappa shape index (κ2) is 5.68. The summed E-state index contributed by atoms with van der Waals surface area (Å²) in [4.78, 5) is 29.3. The van der Waals surface area contributed by atoms with Gasteiger partial charge in [-0.15, -0.1) is 0 Å². The van der Waals surface area contributed by atoms with Crippen molar-refractivity contribution in [2.24, 2.45) is 0 Å². The first-order valence-electron chi connectivity index (χ1n) is 7.24. The van der Waals surface area contributed by atoms with Crippen LogP contribution in [0.15, 0.2) is 30.6 Å². The number of hydrogen-bond donors (Lipinski definition) is 2. The highest BCUT2D eigenvalue weighted by Gasteiger charge is 2.19. The maximum Gasteiger partial charge on any atom is 0.352 e. The van der Waals surface area contributed by atoms with Crippen LogP contribution in [0.2, 0.25) is 0 Å². The summed E-state index contributed by atoms with van der Waals surface area (Å²) < 4.78 is 0. The summed E-state index contributed by atoms with van der Waals surface area (Å²) in [6.07, 6.45) is 3.42. The Balaban J connectivity index is 2.26. The Morgan fingerprint density at radius 3 is 2.74 bits per heavy atom. The number of H-pyrrole nitrogens is 1. The van der Waals surface area contributed by atoms with Gasteiger partial charge in [-0.1, -0.05) is 0 Å². The van der Waals surface area contributed by atoms with Gasteiger partial charge in [0.1, 0.15) is 16.9 Å². The van der Waals surface area contributed by atoms with E-state index in [0.717, 1.165) is 5.56 Å². The topological polar surface area (TPSA) is 95.0 Å². The summed E-state index contributed by atoms with van der Waals surface area (Å²) in [5.41, 5.74) is 2.56. The van der Waals surface area contributed by atoms with Crippen LogP contribution in [0.5, 0.6) is 0 Å². The number of fused-ring (bicyclic) bond motifs is 1. The molecule has 0 amide bonds. The minimum atomic E-state index is -1.04. The lowest BCUT2D eigenvalue weighted by Gasteiger charge is -2.24. The number of anilines is 1. The second-order valence-corrected chi connectivity index (χ2v) is 5.56. The molecule has 0 atom stereocenters. The molecule has 0 aromatic carbocycles. The highest BCUT2D eigenvalue weighted by atomic mass is 16.4. The number of carbonyl (C=O) groups is 1. The number of aromatic amines is 1. The summed E-state index contributed by atoms with van der Waals surface area (Å²) in [6.45, 7) is 4.10. The van der Waals surface area contributed by atoms with E-state index >= 15 is 0 Å². The van der Waals surface area contributed by atoms with Crippen molar-refractivity contribution < 1.29 is 9.90 Å². The first-order chi connectivity index (χ1) is 11.0. The zero-order valence-electron chi connectivity index (χ0n) is 13.1. The molecule has 0 bridgehead atoms. The largest absolute Gasteiger partial charge is 0.477 e. The maximum atomic E-state index is 11.1. The first-order valence-corrected chi connectivity index (χ1v) is 7.24. The van der Waals surface area contributed by atoms with Crippen LogP contribution >= 0.6 is 0 Å². The van der Waals surface area contributed by atoms with Crippen molar-refractivity contribution in [2.75, 3.05) is 11.9 Å². The average Bonchev–Trinajstić information content (AvgIpc) is 2.97. The summed E-state index contributed by atoms with van der Waals surface area (Å²) in [7, 11) is 1.93. The molecule has 7 nitrogen and oxygen atoms in total. The van der Waals surface area contributed by atoms with Gasteiger partial charge in [-0.25, -0.2) is 14.8 Å². The van der Waals surface area contributed by atoms with Crippen LogP contribution in [0, 0.1) is 0 Å². The van der Waals surface area contributed by atoms with Crippen molar-refractivity contribution in [3.8, 4) is 11.3 Å². The van der Waals surface area contributed by atoms with Crippen LogP contribution in [-0.2, 0) is 0 Å². The summed E-state index contributed by atoms with van der Waals surface area (Å²) in [5, 5.41) is 9.13. The number of carboxylic acid groups (broad SMARTS) is 1. The number of aromatic carboxylic acids is 1. The van der Waals surface area contributed by atoms with Gasteiger partial charge in [0.2, 0.25) is 0 Å². The summed E-state index contributed by atoms with van der Waals surface area (Å²) >= 11 is 0. The third-order valence-corrected chi connectivity index (χ3v) is 3.71. The van der Waals surface area contributed by atoms with Crippen molar-refractivity contribution in [2.45, 2.75) is 19.9 Å². The number of carboxylic acids is 1. The molecule has 3 heterocycles. The van der Waals surface area contributed by atoms with E-state index in [2.05, 4.69) is 33.8 Å². The zero-order valence-corrected chi connectivity index (χ0v) is 13.1. The molecule has 0 saturated heterocycles. The Bertz CT molecular complexity index is 858. The molecule has 0 radical (unpaired) electrons. The van der Waals surface area contributed by atoms with E-state index in [0.29, 0.717) is 22.7 Å². The van der Waals surface area contributed by atoms with Crippen LogP contribution in [0.3, 0.4) is 0 Å². The zero-order chi connectivity index (χ0) is 16.6. The molecule has 3 aromatic heterocycles. The van der Waals surface area contributed by atoms with Crippen LogP contribution in [0.4, 0.5) is 5.82 Å². The maximum absolute atomic E-state index is 11.1. The molecular formula is C16H17N5O2. The van der Waals surface area contributed by atoms with Gasteiger partial charge in [-0.05, 0) is 32.0 Å². The predicted octanol–water partition coefficient (Wildman–Crippen LogP) is 2.56. The van der Waals surface area contributed by atoms with Crippen molar-refractivity contribution in [3.63, 3.8) is 0 Å². The van der Waals surface area contributed by atoms with Gasteiger partial charge in [-0.2, -0.15) is 0 Å². The molecule has 0 unspecified atom stereocenters. The molecule has 0 fully saturated rings. The molecule has 118 valence electrons. The molecular weight excluding hydrogens is 294 g/mol. The molecule has 0 spiro atoms. The fourth-order valence-electron chi connectivity index (χ4n) is 2.23. The first kappa shape index (κ1) is 15.0. The monoisotopic (exact) mass is 311 g/mol. The van der Waals surface area contributed by atoms with Crippen molar-refractivity contribution in [3.05, 3.63) is 36.3 Å². The molecule has 2 N–H and O–H groups in total. The third-order valence-electron chi connectivity index (χ3n) is 3.71. The molecule has 0 aliphatic heterocycles. The minimum absolute atomic E-state index is 0.0708. The highest BCUT2D eigenvalue weighted by Crippen LogP contribution is 2.29. The predicted molar refractivity (Wildman–Crippen MR) is 87.6 cm³/mol. The van der Waals surface area contributed by atoms with Gasteiger partial charge in [0.05, 0.1) is 0 Å². The molecule has 3 aromatic rings. The van der Waals surface area contributed by atoms with E-state index in [1.165, 1.54) is 6.07 Å².